The second-order valence-electron chi connectivity index (χ2n) is 3.60. The molecule has 0 saturated heterocycles. The van der Waals surface area contributed by atoms with Crippen molar-refractivity contribution in [3.05, 3.63) is 52.8 Å². The van der Waals surface area contributed by atoms with Crippen LogP contribution in [0.25, 0.3) is 11.1 Å². The van der Waals surface area contributed by atoms with Gasteiger partial charge in [0.15, 0.2) is 0 Å². The van der Waals surface area contributed by atoms with E-state index in [0.717, 1.165) is 0 Å². The van der Waals surface area contributed by atoms with Gasteiger partial charge in [0.2, 0.25) is 0 Å². The number of ether oxygens (including phenoxy) is 1. The number of benzene rings is 2. The first-order valence-corrected chi connectivity index (χ1v) is 5.58. The van der Waals surface area contributed by atoms with Crippen molar-refractivity contribution in [2.75, 3.05) is 7.11 Å². The summed E-state index contributed by atoms with van der Waals surface area (Å²) in [5.41, 5.74) is 0.822. The summed E-state index contributed by atoms with van der Waals surface area (Å²) in [6.45, 7) is 0. The van der Waals surface area contributed by atoms with Gasteiger partial charge in [0.05, 0.1) is 17.7 Å². The molecule has 0 atom stereocenters. The molecule has 4 heteroatoms. The highest BCUT2D eigenvalue weighted by molar-refractivity contribution is 6.32. The summed E-state index contributed by atoms with van der Waals surface area (Å²) in [5, 5.41) is 9.22. The Balaban J connectivity index is 2.71. The molecule has 0 bridgehead atoms. The molecule has 0 amide bonds. The number of nitrogens with zero attached hydrogens (tertiary/aromatic N) is 1. The van der Waals surface area contributed by atoms with Crippen molar-refractivity contribution in [3.8, 4) is 22.9 Å². The standard InChI is InChI=1S/C14H9ClFNO/c1-18-14-11(6-3-7-12(14)15)10-5-2-4-9(8-17)13(10)16/h2-7H,1H3. The van der Waals surface area contributed by atoms with Gasteiger partial charge >= 0.3 is 0 Å². The third-order valence-electron chi connectivity index (χ3n) is 2.58. The zero-order valence-corrected chi connectivity index (χ0v) is 10.3. The first-order valence-electron chi connectivity index (χ1n) is 5.20. The Hall–Kier alpha value is -2.05. The molecular formula is C14H9ClFNO. The number of hydrogen-bond acceptors (Lipinski definition) is 2. The van der Waals surface area contributed by atoms with E-state index in [-0.39, 0.29) is 5.56 Å². The van der Waals surface area contributed by atoms with E-state index >= 15 is 0 Å². The van der Waals surface area contributed by atoms with Crippen molar-refractivity contribution in [1.82, 2.24) is 0 Å². The highest BCUT2D eigenvalue weighted by Gasteiger charge is 2.15. The summed E-state index contributed by atoms with van der Waals surface area (Å²) in [5.74, 6) is -0.172. The molecule has 0 heterocycles. The topological polar surface area (TPSA) is 33.0 Å². The minimum atomic E-state index is -0.569. The summed E-state index contributed by atoms with van der Waals surface area (Å²) >= 11 is 5.99. The van der Waals surface area contributed by atoms with E-state index in [2.05, 4.69) is 0 Å². The van der Waals surface area contributed by atoms with E-state index < -0.39 is 5.82 Å². The average molecular weight is 262 g/mol. The quantitative estimate of drug-likeness (QED) is 0.818. The second-order valence-corrected chi connectivity index (χ2v) is 4.01. The van der Waals surface area contributed by atoms with Crippen LogP contribution in [0.1, 0.15) is 5.56 Å². The van der Waals surface area contributed by atoms with Gasteiger partial charge in [-0.3, -0.25) is 0 Å². The molecule has 2 rings (SSSR count). The van der Waals surface area contributed by atoms with Crippen LogP contribution in [0.4, 0.5) is 4.39 Å². The van der Waals surface area contributed by atoms with Crippen LogP contribution >= 0.6 is 11.6 Å². The van der Waals surface area contributed by atoms with Crippen LogP contribution in [0.5, 0.6) is 5.75 Å². The van der Waals surface area contributed by atoms with Gasteiger partial charge in [0.25, 0.3) is 0 Å². The smallest absolute Gasteiger partial charge is 0.148 e. The van der Waals surface area contributed by atoms with Gasteiger partial charge in [-0.05, 0) is 12.1 Å². The SMILES string of the molecule is COc1c(Cl)cccc1-c1cccc(C#N)c1F. The molecule has 18 heavy (non-hydrogen) atoms. The molecule has 0 radical (unpaired) electrons. The molecule has 90 valence electrons. The Morgan fingerprint density at radius 2 is 1.83 bits per heavy atom. The molecule has 0 unspecified atom stereocenters. The van der Waals surface area contributed by atoms with Crippen LogP contribution in [0, 0.1) is 17.1 Å². The van der Waals surface area contributed by atoms with Crippen LogP contribution in [0.2, 0.25) is 5.02 Å². The van der Waals surface area contributed by atoms with E-state index in [9.17, 15) is 4.39 Å². The molecule has 2 aromatic carbocycles. The minimum Gasteiger partial charge on any atom is -0.495 e. The maximum atomic E-state index is 14.1. The Morgan fingerprint density at radius 3 is 2.50 bits per heavy atom. The number of para-hydroxylation sites is 1. The average Bonchev–Trinajstić information content (AvgIpc) is 2.39. The van der Waals surface area contributed by atoms with Crippen molar-refractivity contribution < 1.29 is 9.13 Å². The number of hydrogen-bond donors (Lipinski definition) is 0. The molecular weight excluding hydrogens is 253 g/mol. The first kappa shape index (κ1) is 12.4. The van der Waals surface area contributed by atoms with Crippen molar-refractivity contribution in [2.45, 2.75) is 0 Å². The lowest BCUT2D eigenvalue weighted by Crippen LogP contribution is -1.93. The first-order chi connectivity index (χ1) is 8.69. The van der Waals surface area contributed by atoms with E-state index in [4.69, 9.17) is 21.6 Å². The number of methoxy groups -OCH3 is 1. The summed E-state index contributed by atoms with van der Waals surface area (Å²) in [6.07, 6.45) is 0. The zero-order valence-electron chi connectivity index (χ0n) is 9.58. The summed E-state index contributed by atoms with van der Waals surface area (Å²) in [6, 6.07) is 11.5. The van der Waals surface area contributed by atoms with Gasteiger partial charge in [-0.15, -0.1) is 0 Å². The van der Waals surface area contributed by atoms with Gasteiger partial charge in [-0.25, -0.2) is 4.39 Å². The lowest BCUT2D eigenvalue weighted by atomic mass is 10.0. The van der Waals surface area contributed by atoms with Crippen LogP contribution < -0.4 is 4.74 Å². The molecule has 0 aliphatic rings. The van der Waals surface area contributed by atoms with Gasteiger partial charge in [-0.2, -0.15) is 5.26 Å². The van der Waals surface area contributed by atoms with Gasteiger partial charge in [-0.1, -0.05) is 35.9 Å². The van der Waals surface area contributed by atoms with Crippen molar-refractivity contribution in [1.29, 1.82) is 5.26 Å². The maximum Gasteiger partial charge on any atom is 0.148 e. The zero-order chi connectivity index (χ0) is 13.1. The molecule has 0 fully saturated rings. The highest BCUT2D eigenvalue weighted by Crippen LogP contribution is 2.37. The molecule has 0 N–H and O–H groups in total. The largest absolute Gasteiger partial charge is 0.495 e. The van der Waals surface area contributed by atoms with Crippen LogP contribution in [0.15, 0.2) is 36.4 Å². The molecule has 0 saturated carbocycles. The molecule has 0 spiro atoms. The molecule has 0 aliphatic heterocycles. The maximum absolute atomic E-state index is 14.1. The molecule has 2 aromatic rings. The van der Waals surface area contributed by atoms with Crippen LogP contribution in [-0.2, 0) is 0 Å². The predicted octanol–water partition coefficient (Wildman–Crippen LogP) is 4.03. The highest BCUT2D eigenvalue weighted by atomic mass is 35.5. The normalized spacial score (nSPS) is 9.89. The van der Waals surface area contributed by atoms with Crippen LogP contribution in [-0.4, -0.2) is 7.11 Å². The third-order valence-corrected chi connectivity index (χ3v) is 2.88. The van der Waals surface area contributed by atoms with Gasteiger partial charge < -0.3 is 4.74 Å². The van der Waals surface area contributed by atoms with Crippen molar-refractivity contribution >= 4 is 11.6 Å². The van der Waals surface area contributed by atoms with E-state index in [0.29, 0.717) is 21.9 Å². The van der Waals surface area contributed by atoms with E-state index in [1.807, 2.05) is 6.07 Å². The Morgan fingerprint density at radius 1 is 1.17 bits per heavy atom. The Bertz CT molecular complexity index is 622. The monoisotopic (exact) mass is 261 g/mol. The van der Waals surface area contributed by atoms with E-state index in [1.54, 1.807) is 30.3 Å². The fraction of sp³-hybridized carbons (Fsp3) is 0.0714. The fourth-order valence-electron chi connectivity index (χ4n) is 1.75. The van der Waals surface area contributed by atoms with Gasteiger partial charge in [0, 0.05) is 11.1 Å². The Kier molecular flexibility index (Phi) is 3.50. The van der Waals surface area contributed by atoms with Crippen molar-refractivity contribution in [3.63, 3.8) is 0 Å². The molecule has 2 nitrogen and oxygen atoms in total. The predicted molar refractivity (Wildman–Crippen MR) is 68.1 cm³/mol. The minimum absolute atomic E-state index is 0.00507. The summed E-state index contributed by atoms with van der Waals surface area (Å²) < 4.78 is 19.3. The second kappa shape index (κ2) is 5.07. The van der Waals surface area contributed by atoms with Crippen LogP contribution in [0.3, 0.4) is 0 Å². The van der Waals surface area contributed by atoms with Gasteiger partial charge in [0.1, 0.15) is 17.6 Å². The lowest BCUT2D eigenvalue weighted by Gasteiger charge is -2.11. The third kappa shape index (κ3) is 2.03. The number of halogens is 2. The fourth-order valence-corrected chi connectivity index (χ4v) is 2.01. The Labute approximate surface area is 109 Å². The van der Waals surface area contributed by atoms with Crippen molar-refractivity contribution in [2.24, 2.45) is 0 Å². The molecule has 0 aliphatic carbocycles. The van der Waals surface area contributed by atoms with E-state index in [1.165, 1.54) is 13.2 Å². The summed E-state index contributed by atoms with van der Waals surface area (Å²) in [4.78, 5) is 0. The number of rotatable bonds is 2. The lowest BCUT2D eigenvalue weighted by molar-refractivity contribution is 0.416. The number of nitriles is 1. The summed E-state index contributed by atoms with van der Waals surface area (Å²) in [7, 11) is 1.47. The molecule has 0 aromatic heterocycles.